The minimum absolute atomic E-state index is 0.119. The summed E-state index contributed by atoms with van der Waals surface area (Å²) < 4.78 is 18.1. The molecule has 90 valence electrons. The summed E-state index contributed by atoms with van der Waals surface area (Å²) in [5.41, 5.74) is 0.268. The Kier molecular flexibility index (Phi) is 5.02. The van der Waals surface area contributed by atoms with Crippen LogP contribution in [-0.2, 0) is 0 Å². The molecule has 0 saturated carbocycles. The molecule has 0 saturated heterocycles. The zero-order valence-corrected chi connectivity index (χ0v) is 9.63. The van der Waals surface area contributed by atoms with E-state index < -0.39 is 5.82 Å². The minimum Gasteiger partial charge on any atom is -0.494 e. The molecule has 0 radical (unpaired) electrons. The first kappa shape index (κ1) is 13.0. The molecule has 0 unspecified atom stereocenters. The van der Waals surface area contributed by atoms with Crippen molar-refractivity contribution in [3.8, 4) is 18.1 Å². The number of rotatable bonds is 5. The highest BCUT2D eigenvalue weighted by Crippen LogP contribution is 2.17. The number of ether oxygens (including phenoxy) is 1. The van der Waals surface area contributed by atoms with E-state index in [-0.39, 0.29) is 17.2 Å². The molecule has 0 atom stereocenters. The Morgan fingerprint density at radius 2 is 2.35 bits per heavy atom. The lowest BCUT2D eigenvalue weighted by Crippen LogP contribution is -2.24. The number of unbranched alkanes of at least 4 members (excludes halogenated alkanes) is 1. The van der Waals surface area contributed by atoms with Crippen LogP contribution in [0.1, 0.15) is 23.2 Å². The molecule has 3 nitrogen and oxygen atoms in total. The van der Waals surface area contributed by atoms with Crippen molar-refractivity contribution in [1.29, 1.82) is 0 Å². The Hall–Kier alpha value is -2.02. The van der Waals surface area contributed by atoms with E-state index in [0.29, 0.717) is 19.4 Å². The number of methoxy groups -OCH3 is 1. The van der Waals surface area contributed by atoms with Crippen molar-refractivity contribution in [3.05, 3.63) is 29.6 Å². The summed E-state index contributed by atoms with van der Waals surface area (Å²) in [5, 5.41) is 2.66. The number of nitrogens with one attached hydrogen (secondary N) is 1. The van der Waals surface area contributed by atoms with E-state index in [0.717, 1.165) is 6.07 Å². The van der Waals surface area contributed by atoms with Gasteiger partial charge in [-0.25, -0.2) is 4.39 Å². The van der Waals surface area contributed by atoms with Gasteiger partial charge in [-0.1, -0.05) is 0 Å². The van der Waals surface area contributed by atoms with Crippen LogP contribution < -0.4 is 10.1 Å². The molecule has 0 aliphatic heterocycles. The van der Waals surface area contributed by atoms with E-state index in [1.165, 1.54) is 19.2 Å². The molecular formula is C13H14FNO2. The lowest BCUT2D eigenvalue weighted by Gasteiger charge is -2.06. The van der Waals surface area contributed by atoms with Crippen molar-refractivity contribution in [2.45, 2.75) is 12.8 Å². The van der Waals surface area contributed by atoms with Gasteiger partial charge in [-0.05, 0) is 24.6 Å². The van der Waals surface area contributed by atoms with Gasteiger partial charge in [-0.2, -0.15) is 0 Å². The second kappa shape index (κ2) is 6.54. The molecule has 1 aromatic rings. The van der Waals surface area contributed by atoms with Gasteiger partial charge in [0.05, 0.1) is 7.11 Å². The molecule has 0 heterocycles. The van der Waals surface area contributed by atoms with Gasteiger partial charge < -0.3 is 10.1 Å². The third-order valence-electron chi connectivity index (χ3n) is 2.20. The Bertz CT molecular complexity index is 438. The summed E-state index contributed by atoms with van der Waals surface area (Å²) >= 11 is 0. The number of amides is 1. The molecular weight excluding hydrogens is 221 g/mol. The fourth-order valence-electron chi connectivity index (χ4n) is 1.30. The molecule has 0 spiro atoms. The van der Waals surface area contributed by atoms with Gasteiger partial charge in [0.25, 0.3) is 5.91 Å². The number of halogens is 1. The Morgan fingerprint density at radius 1 is 1.59 bits per heavy atom. The highest BCUT2D eigenvalue weighted by atomic mass is 19.1. The molecule has 1 N–H and O–H groups in total. The Morgan fingerprint density at radius 3 is 2.94 bits per heavy atom. The molecule has 1 rings (SSSR count). The summed E-state index contributed by atoms with van der Waals surface area (Å²) in [6.45, 7) is 0.483. The summed E-state index contributed by atoms with van der Waals surface area (Å²) in [4.78, 5) is 11.6. The second-order valence-corrected chi connectivity index (χ2v) is 3.41. The average Bonchev–Trinajstić information content (AvgIpc) is 2.34. The van der Waals surface area contributed by atoms with Crippen LogP contribution in [0.4, 0.5) is 4.39 Å². The summed E-state index contributed by atoms with van der Waals surface area (Å²) in [5.74, 6) is 1.73. The topological polar surface area (TPSA) is 38.3 Å². The van der Waals surface area contributed by atoms with Gasteiger partial charge in [0, 0.05) is 18.5 Å². The molecule has 0 fully saturated rings. The maximum absolute atomic E-state index is 13.3. The van der Waals surface area contributed by atoms with Crippen LogP contribution in [0.25, 0.3) is 0 Å². The quantitative estimate of drug-likeness (QED) is 0.626. The van der Waals surface area contributed by atoms with E-state index in [1.807, 2.05) is 0 Å². The highest BCUT2D eigenvalue weighted by molar-refractivity contribution is 5.94. The Labute approximate surface area is 100.0 Å². The molecule has 0 aliphatic carbocycles. The zero-order valence-electron chi connectivity index (χ0n) is 9.63. The summed E-state index contributed by atoms with van der Waals surface area (Å²) in [6.07, 6.45) is 6.40. The Balaban J connectivity index is 2.58. The van der Waals surface area contributed by atoms with Crippen molar-refractivity contribution >= 4 is 5.91 Å². The number of benzene rings is 1. The lowest BCUT2D eigenvalue weighted by molar-refractivity contribution is 0.0953. The largest absolute Gasteiger partial charge is 0.494 e. The van der Waals surface area contributed by atoms with Crippen molar-refractivity contribution < 1.29 is 13.9 Å². The first-order chi connectivity index (χ1) is 8.19. The SMILES string of the molecule is C#CCCCNC(=O)c1ccc(OC)c(F)c1. The van der Waals surface area contributed by atoms with E-state index in [9.17, 15) is 9.18 Å². The normalized spacial score (nSPS) is 9.47. The number of hydrogen-bond acceptors (Lipinski definition) is 2. The van der Waals surface area contributed by atoms with Gasteiger partial charge >= 0.3 is 0 Å². The van der Waals surface area contributed by atoms with Crippen LogP contribution in [0.2, 0.25) is 0 Å². The fraction of sp³-hybridized carbons (Fsp3) is 0.308. The van der Waals surface area contributed by atoms with Crippen LogP contribution in [0.5, 0.6) is 5.75 Å². The number of carbonyl (C=O) groups excluding carboxylic acids is 1. The number of terminal acetylenes is 1. The zero-order chi connectivity index (χ0) is 12.7. The van der Waals surface area contributed by atoms with E-state index >= 15 is 0 Å². The lowest BCUT2D eigenvalue weighted by atomic mass is 10.2. The monoisotopic (exact) mass is 235 g/mol. The van der Waals surface area contributed by atoms with Crippen molar-refractivity contribution in [3.63, 3.8) is 0 Å². The maximum atomic E-state index is 13.3. The summed E-state index contributed by atoms with van der Waals surface area (Å²) in [6, 6.07) is 4.08. The van der Waals surface area contributed by atoms with Crippen LogP contribution in [0, 0.1) is 18.2 Å². The fourth-order valence-corrected chi connectivity index (χ4v) is 1.30. The van der Waals surface area contributed by atoms with Crippen LogP contribution in [-0.4, -0.2) is 19.6 Å². The van der Waals surface area contributed by atoms with Crippen LogP contribution in [0.15, 0.2) is 18.2 Å². The van der Waals surface area contributed by atoms with Crippen molar-refractivity contribution in [2.24, 2.45) is 0 Å². The second-order valence-electron chi connectivity index (χ2n) is 3.41. The van der Waals surface area contributed by atoms with Gasteiger partial charge in [-0.3, -0.25) is 4.79 Å². The number of hydrogen-bond donors (Lipinski definition) is 1. The third kappa shape index (κ3) is 3.80. The third-order valence-corrected chi connectivity index (χ3v) is 2.20. The van der Waals surface area contributed by atoms with Gasteiger partial charge in [0.15, 0.2) is 11.6 Å². The van der Waals surface area contributed by atoms with Gasteiger partial charge in [-0.15, -0.1) is 12.3 Å². The molecule has 0 aliphatic rings. The first-order valence-electron chi connectivity index (χ1n) is 5.24. The van der Waals surface area contributed by atoms with E-state index in [4.69, 9.17) is 11.2 Å². The van der Waals surface area contributed by atoms with Crippen molar-refractivity contribution in [1.82, 2.24) is 5.32 Å². The smallest absolute Gasteiger partial charge is 0.251 e. The predicted molar refractivity (Wildman–Crippen MR) is 63.4 cm³/mol. The van der Waals surface area contributed by atoms with Gasteiger partial charge in [0.1, 0.15) is 0 Å². The van der Waals surface area contributed by atoms with Crippen LogP contribution in [0.3, 0.4) is 0 Å². The van der Waals surface area contributed by atoms with Gasteiger partial charge in [0.2, 0.25) is 0 Å². The number of carbonyl (C=O) groups is 1. The predicted octanol–water partition coefficient (Wildman–Crippen LogP) is 1.98. The molecule has 4 heteroatoms. The maximum Gasteiger partial charge on any atom is 0.251 e. The van der Waals surface area contributed by atoms with Crippen LogP contribution >= 0.6 is 0 Å². The first-order valence-corrected chi connectivity index (χ1v) is 5.24. The molecule has 1 amide bonds. The molecule has 0 bridgehead atoms. The summed E-state index contributed by atoms with van der Waals surface area (Å²) in [7, 11) is 1.37. The molecule has 1 aromatic carbocycles. The standard InChI is InChI=1S/C13H14FNO2/c1-3-4-5-8-15-13(16)10-6-7-12(17-2)11(14)9-10/h1,6-7,9H,4-5,8H2,2H3,(H,15,16). The van der Waals surface area contributed by atoms with E-state index in [1.54, 1.807) is 0 Å². The molecule has 0 aromatic heterocycles. The highest BCUT2D eigenvalue weighted by Gasteiger charge is 2.09. The minimum atomic E-state index is -0.552. The van der Waals surface area contributed by atoms with Crippen molar-refractivity contribution in [2.75, 3.05) is 13.7 Å². The van der Waals surface area contributed by atoms with E-state index in [2.05, 4.69) is 11.2 Å². The molecule has 17 heavy (non-hydrogen) atoms. The average molecular weight is 235 g/mol.